The van der Waals surface area contributed by atoms with Crippen molar-refractivity contribution in [2.75, 3.05) is 36.4 Å². The zero-order valence-corrected chi connectivity index (χ0v) is 19.8. The molecular weight excluding hydrogens is 484 g/mol. The zero-order chi connectivity index (χ0) is 25.2. The number of nitrogens with zero attached hydrogens (tertiary/aromatic N) is 3. The number of carbonyl (C=O) groups excluding carboxylic acids is 2. The Morgan fingerprint density at radius 3 is 2.36 bits per heavy atom. The summed E-state index contributed by atoms with van der Waals surface area (Å²) in [5.74, 6) is -0.313. The van der Waals surface area contributed by atoms with Crippen LogP contribution in [-0.2, 0) is 0 Å². The minimum absolute atomic E-state index is 0.0279. The molecule has 0 spiro atoms. The van der Waals surface area contributed by atoms with Gasteiger partial charge in [0.25, 0.3) is 17.5 Å². The van der Waals surface area contributed by atoms with Crippen molar-refractivity contribution < 1.29 is 18.9 Å². The van der Waals surface area contributed by atoms with Gasteiger partial charge < -0.3 is 19.5 Å². The number of hydrogen-bond donors (Lipinski definition) is 1. The van der Waals surface area contributed by atoms with Crippen LogP contribution in [0.5, 0.6) is 0 Å². The Hall–Kier alpha value is -4.37. The first-order valence-electron chi connectivity index (χ1n) is 11.3. The number of halogens is 1. The number of nitro benzene ring substituents is 1. The summed E-state index contributed by atoms with van der Waals surface area (Å²) in [7, 11) is 0. The van der Waals surface area contributed by atoms with Crippen molar-refractivity contribution >= 4 is 51.4 Å². The topological polar surface area (TPSA) is 109 Å². The van der Waals surface area contributed by atoms with Crippen LogP contribution in [0.15, 0.2) is 77.2 Å². The maximum Gasteiger partial charge on any atom is 0.289 e. The summed E-state index contributed by atoms with van der Waals surface area (Å²) < 4.78 is 5.72. The van der Waals surface area contributed by atoms with Crippen molar-refractivity contribution in [1.82, 2.24) is 4.90 Å². The van der Waals surface area contributed by atoms with Crippen LogP contribution in [0.25, 0.3) is 11.0 Å². The molecular formula is C26H21ClN4O5. The summed E-state index contributed by atoms with van der Waals surface area (Å²) in [4.78, 5) is 39.8. The quantitative estimate of drug-likeness (QED) is 0.295. The first-order chi connectivity index (χ1) is 17.4. The predicted molar refractivity (Wildman–Crippen MR) is 137 cm³/mol. The fraction of sp³-hybridized carbons (Fsp3) is 0.154. The number of carbonyl (C=O) groups is 2. The van der Waals surface area contributed by atoms with Crippen molar-refractivity contribution in [1.29, 1.82) is 0 Å². The molecule has 1 fully saturated rings. The van der Waals surface area contributed by atoms with Gasteiger partial charge in [-0.05, 0) is 42.5 Å². The molecule has 0 aliphatic carbocycles. The van der Waals surface area contributed by atoms with E-state index in [1.807, 2.05) is 36.4 Å². The number of anilines is 2. The molecule has 0 unspecified atom stereocenters. The number of hydrogen-bond acceptors (Lipinski definition) is 6. The smallest absolute Gasteiger partial charge is 0.289 e. The SMILES string of the molecule is O=C(Nc1ccc(N2CCN(C(=O)c3cc4ccccc4o3)CC2)cc1)c1cc([N+](=O)[O-])ccc1Cl. The van der Waals surface area contributed by atoms with Crippen molar-refractivity contribution in [3.05, 3.63) is 99.3 Å². The minimum Gasteiger partial charge on any atom is -0.451 e. The Morgan fingerprint density at radius 2 is 1.67 bits per heavy atom. The summed E-state index contributed by atoms with van der Waals surface area (Å²) >= 11 is 6.06. The molecule has 2 heterocycles. The number of benzene rings is 3. The molecule has 0 atom stereocenters. The third kappa shape index (κ3) is 4.73. The van der Waals surface area contributed by atoms with Gasteiger partial charge in [0.1, 0.15) is 5.58 Å². The van der Waals surface area contributed by atoms with Crippen LogP contribution < -0.4 is 10.2 Å². The average Bonchev–Trinajstić information content (AvgIpc) is 3.33. The van der Waals surface area contributed by atoms with Gasteiger partial charge in [0.15, 0.2) is 5.76 Å². The molecule has 2 amide bonds. The highest BCUT2D eigenvalue weighted by atomic mass is 35.5. The fourth-order valence-electron chi connectivity index (χ4n) is 4.17. The normalized spacial score (nSPS) is 13.6. The van der Waals surface area contributed by atoms with Gasteiger partial charge in [-0.3, -0.25) is 19.7 Å². The number of non-ortho nitro benzene ring substituents is 1. The number of nitro groups is 1. The van der Waals surface area contributed by atoms with Crippen LogP contribution in [0.3, 0.4) is 0 Å². The van der Waals surface area contributed by atoms with Crippen LogP contribution in [-0.4, -0.2) is 47.8 Å². The summed E-state index contributed by atoms with van der Waals surface area (Å²) in [5, 5.41) is 14.8. The molecule has 3 aromatic carbocycles. The summed E-state index contributed by atoms with van der Waals surface area (Å²) in [6.45, 7) is 2.42. The molecule has 36 heavy (non-hydrogen) atoms. The second-order valence-electron chi connectivity index (χ2n) is 8.35. The van der Waals surface area contributed by atoms with E-state index in [9.17, 15) is 19.7 Å². The number of furan rings is 1. The first-order valence-corrected chi connectivity index (χ1v) is 11.6. The maximum atomic E-state index is 12.9. The van der Waals surface area contributed by atoms with Gasteiger partial charge in [-0.25, -0.2) is 0 Å². The highest BCUT2D eigenvalue weighted by Crippen LogP contribution is 2.25. The van der Waals surface area contributed by atoms with Gasteiger partial charge in [0.2, 0.25) is 0 Å². The first kappa shape index (κ1) is 23.4. The van der Waals surface area contributed by atoms with Crippen LogP contribution >= 0.6 is 11.6 Å². The van der Waals surface area contributed by atoms with Crippen LogP contribution in [0.2, 0.25) is 5.02 Å². The van der Waals surface area contributed by atoms with E-state index in [2.05, 4.69) is 10.2 Å². The van der Waals surface area contributed by atoms with Crippen molar-refractivity contribution in [2.45, 2.75) is 0 Å². The van der Waals surface area contributed by atoms with Gasteiger partial charge in [-0.15, -0.1) is 0 Å². The molecule has 1 aromatic heterocycles. The highest BCUT2D eigenvalue weighted by molar-refractivity contribution is 6.34. The molecule has 10 heteroatoms. The van der Waals surface area contributed by atoms with E-state index in [-0.39, 0.29) is 22.2 Å². The van der Waals surface area contributed by atoms with E-state index in [4.69, 9.17) is 16.0 Å². The number of para-hydroxylation sites is 1. The number of nitrogens with one attached hydrogen (secondary N) is 1. The standard InChI is InChI=1S/C26H21ClN4O5/c27-22-10-9-20(31(34)35)16-21(22)25(32)28-18-5-7-19(8-6-18)29-11-13-30(14-12-29)26(33)24-15-17-3-1-2-4-23(17)36-24/h1-10,15-16H,11-14H2,(H,28,32). The van der Waals surface area contributed by atoms with Gasteiger partial charge in [0, 0.05) is 55.1 Å². The van der Waals surface area contributed by atoms with E-state index in [1.54, 1.807) is 23.1 Å². The third-order valence-corrected chi connectivity index (χ3v) is 6.43. The van der Waals surface area contributed by atoms with Crippen molar-refractivity contribution in [2.24, 2.45) is 0 Å². The third-order valence-electron chi connectivity index (χ3n) is 6.10. The fourth-order valence-corrected chi connectivity index (χ4v) is 4.37. The van der Waals surface area contributed by atoms with Crippen molar-refractivity contribution in [3.63, 3.8) is 0 Å². The van der Waals surface area contributed by atoms with Crippen LogP contribution in [0.4, 0.5) is 17.1 Å². The van der Waals surface area contributed by atoms with E-state index in [0.717, 1.165) is 17.1 Å². The second-order valence-corrected chi connectivity index (χ2v) is 8.76. The molecule has 182 valence electrons. The van der Waals surface area contributed by atoms with Gasteiger partial charge >= 0.3 is 0 Å². The number of fused-ring (bicyclic) bond motifs is 1. The second kappa shape index (κ2) is 9.71. The van der Waals surface area contributed by atoms with E-state index >= 15 is 0 Å². The lowest BCUT2D eigenvalue weighted by molar-refractivity contribution is -0.384. The summed E-state index contributed by atoms with van der Waals surface area (Å²) in [6, 6.07) is 20.3. The maximum absolute atomic E-state index is 12.9. The Kier molecular flexibility index (Phi) is 6.30. The Bertz CT molecular complexity index is 1430. The highest BCUT2D eigenvalue weighted by Gasteiger charge is 2.25. The lowest BCUT2D eigenvalue weighted by Gasteiger charge is -2.35. The minimum atomic E-state index is -0.577. The summed E-state index contributed by atoms with van der Waals surface area (Å²) in [6.07, 6.45) is 0. The number of amides is 2. The molecule has 0 bridgehead atoms. The van der Waals surface area contributed by atoms with E-state index < -0.39 is 10.8 Å². The van der Waals surface area contributed by atoms with E-state index in [1.165, 1.54) is 12.1 Å². The Morgan fingerprint density at radius 1 is 0.944 bits per heavy atom. The lowest BCUT2D eigenvalue weighted by atomic mass is 10.1. The zero-order valence-electron chi connectivity index (χ0n) is 19.0. The Balaban J connectivity index is 1.20. The van der Waals surface area contributed by atoms with Gasteiger partial charge in [-0.2, -0.15) is 0 Å². The van der Waals surface area contributed by atoms with Crippen LogP contribution in [0, 0.1) is 10.1 Å². The largest absolute Gasteiger partial charge is 0.451 e. The number of piperazine rings is 1. The van der Waals surface area contributed by atoms with Gasteiger partial charge in [0.05, 0.1) is 15.5 Å². The molecule has 1 aliphatic rings. The Labute approximate surface area is 211 Å². The molecule has 9 nitrogen and oxygen atoms in total. The molecule has 0 radical (unpaired) electrons. The number of rotatable bonds is 5. The van der Waals surface area contributed by atoms with Gasteiger partial charge in [-0.1, -0.05) is 29.8 Å². The molecule has 1 N–H and O–H groups in total. The van der Waals surface area contributed by atoms with E-state index in [0.29, 0.717) is 43.2 Å². The summed E-state index contributed by atoms with van der Waals surface area (Å²) in [5.41, 5.74) is 2.00. The monoisotopic (exact) mass is 504 g/mol. The molecule has 4 aromatic rings. The lowest BCUT2D eigenvalue weighted by Crippen LogP contribution is -2.48. The molecule has 0 saturated carbocycles. The molecule has 1 aliphatic heterocycles. The van der Waals surface area contributed by atoms with Crippen LogP contribution in [0.1, 0.15) is 20.9 Å². The predicted octanol–water partition coefficient (Wildman–Crippen LogP) is 5.21. The average molecular weight is 505 g/mol. The van der Waals surface area contributed by atoms with Crippen molar-refractivity contribution in [3.8, 4) is 0 Å². The molecule has 1 saturated heterocycles. The molecule has 5 rings (SSSR count).